The van der Waals surface area contributed by atoms with E-state index in [0.717, 1.165) is 37.2 Å². The zero-order chi connectivity index (χ0) is 13.5. The number of nitrogens with one attached hydrogen (secondary N) is 2. The smallest absolute Gasteiger partial charge is 0.220 e. The normalized spacial score (nSPS) is 18.3. The van der Waals surface area contributed by atoms with Crippen LogP contribution in [0.15, 0.2) is 24.3 Å². The third-order valence-electron chi connectivity index (χ3n) is 3.55. The van der Waals surface area contributed by atoms with Gasteiger partial charge in [-0.1, -0.05) is 18.2 Å². The van der Waals surface area contributed by atoms with Crippen LogP contribution in [-0.4, -0.2) is 32.7 Å². The van der Waals surface area contributed by atoms with Crippen molar-refractivity contribution < 1.29 is 9.53 Å². The Balaban J connectivity index is 1.72. The van der Waals surface area contributed by atoms with Gasteiger partial charge in [0, 0.05) is 13.0 Å². The van der Waals surface area contributed by atoms with Gasteiger partial charge in [-0.15, -0.1) is 0 Å². The molecule has 0 saturated carbocycles. The van der Waals surface area contributed by atoms with Gasteiger partial charge in [0.1, 0.15) is 5.75 Å². The van der Waals surface area contributed by atoms with Crippen LogP contribution in [0.5, 0.6) is 5.75 Å². The first kappa shape index (κ1) is 13.9. The summed E-state index contributed by atoms with van der Waals surface area (Å²) in [5, 5.41) is 6.27. The maximum Gasteiger partial charge on any atom is 0.220 e. The van der Waals surface area contributed by atoms with Gasteiger partial charge in [0.2, 0.25) is 5.91 Å². The van der Waals surface area contributed by atoms with Gasteiger partial charge >= 0.3 is 0 Å². The second-order valence-corrected chi connectivity index (χ2v) is 4.97. The lowest BCUT2D eigenvalue weighted by Gasteiger charge is -2.11. The summed E-state index contributed by atoms with van der Waals surface area (Å²) in [7, 11) is 1.67. The van der Waals surface area contributed by atoms with E-state index >= 15 is 0 Å². The summed E-state index contributed by atoms with van der Waals surface area (Å²) >= 11 is 0. The molecule has 0 aromatic heterocycles. The number of rotatable bonds is 6. The fourth-order valence-electron chi connectivity index (χ4n) is 2.47. The van der Waals surface area contributed by atoms with Crippen molar-refractivity contribution in [1.82, 2.24) is 10.6 Å². The molecule has 1 aromatic carbocycles. The molecular weight excluding hydrogens is 240 g/mol. The Hall–Kier alpha value is -1.55. The molecule has 0 bridgehead atoms. The minimum absolute atomic E-state index is 0.156. The molecule has 1 fully saturated rings. The van der Waals surface area contributed by atoms with Crippen molar-refractivity contribution in [2.45, 2.75) is 19.3 Å². The van der Waals surface area contributed by atoms with E-state index in [1.807, 2.05) is 24.3 Å². The van der Waals surface area contributed by atoms with Crippen molar-refractivity contribution in [3.05, 3.63) is 29.8 Å². The van der Waals surface area contributed by atoms with E-state index in [2.05, 4.69) is 10.6 Å². The van der Waals surface area contributed by atoms with E-state index in [0.29, 0.717) is 18.9 Å². The van der Waals surface area contributed by atoms with Crippen molar-refractivity contribution >= 4 is 5.91 Å². The topological polar surface area (TPSA) is 50.4 Å². The number of methoxy groups -OCH3 is 1. The van der Waals surface area contributed by atoms with Gasteiger partial charge in [-0.2, -0.15) is 0 Å². The van der Waals surface area contributed by atoms with Crippen LogP contribution < -0.4 is 15.4 Å². The number of hydrogen-bond donors (Lipinski definition) is 2. The number of carbonyl (C=O) groups excluding carboxylic acids is 1. The molecule has 1 amide bonds. The maximum absolute atomic E-state index is 11.8. The molecule has 1 heterocycles. The second-order valence-electron chi connectivity index (χ2n) is 4.97. The molecule has 1 saturated heterocycles. The summed E-state index contributed by atoms with van der Waals surface area (Å²) in [6, 6.07) is 7.92. The lowest BCUT2D eigenvalue weighted by atomic mass is 10.0. The Bertz CT molecular complexity index is 414. The fourth-order valence-corrected chi connectivity index (χ4v) is 2.47. The fraction of sp³-hybridized carbons (Fsp3) is 0.533. The van der Waals surface area contributed by atoms with Crippen molar-refractivity contribution in [3.63, 3.8) is 0 Å². The number of ether oxygens (including phenoxy) is 1. The molecule has 4 heteroatoms. The van der Waals surface area contributed by atoms with Gasteiger partial charge < -0.3 is 15.4 Å². The highest BCUT2D eigenvalue weighted by Gasteiger charge is 2.17. The van der Waals surface area contributed by atoms with Crippen molar-refractivity contribution in [2.24, 2.45) is 5.92 Å². The summed E-state index contributed by atoms with van der Waals surface area (Å²) in [4.78, 5) is 11.8. The molecule has 1 aliphatic heterocycles. The Morgan fingerprint density at radius 3 is 3.05 bits per heavy atom. The number of amides is 1. The van der Waals surface area contributed by atoms with E-state index in [1.165, 1.54) is 0 Å². The predicted octanol–water partition coefficient (Wildman–Crippen LogP) is 1.35. The molecule has 0 unspecified atom stereocenters. The molecule has 4 nitrogen and oxygen atoms in total. The van der Waals surface area contributed by atoms with Crippen LogP contribution in [0.4, 0.5) is 0 Å². The van der Waals surface area contributed by atoms with E-state index in [4.69, 9.17) is 4.74 Å². The van der Waals surface area contributed by atoms with E-state index < -0.39 is 0 Å². The maximum atomic E-state index is 11.8. The van der Waals surface area contributed by atoms with Crippen LogP contribution in [0.3, 0.4) is 0 Å². The summed E-state index contributed by atoms with van der Waals surface area (Å²) < 4.78 is 5.29. The summed E-state index contributed by atoms with van der Waals surface area (Å²) in [6.07, 6.45) is 2.55. The molecule has 0 aliphatic carbocycles. The molecular formula is C15H22N2O2. The first-order chi connectivity index (χ1) is 9.29. The standard InChI is InChI=1S/C15H22N2O2/c1-19-14-5-3-2-4-13(14)7-9-17-15(18)10-12-6-8-16-11-12/h2-5,12,16H,6-11H2,1H3,(H,17,18)/t12-/m1/s1. The number of hydrogen-bond acceptors (Lipinski definition) is 3. The number of benzene rings is 1. The third kappa shape index (κ3) is 4.24. The molecule has 1 atom stereocenters. The van der Waals surface area contributed by atoms with Crippen molar-refractivity contribution in [1.29, 1.82) is 0 Å². The van der Waals surface area contributed by atoms with Crippen LogP contribution in [0.2, 0.25) is 0 Å². The van der Waals surface area contributed by atoms with Gasteiger partial charge in [0.05, 0.1) is 7.11 Å². The molecule has 0 radical (unpaired) electrons. The van der Waals surface area contributed by atoms with Crippen LogP contribution in [0.1, 0.15) is 18.4 Å². The van der Waals surface area contributed by atoms with Gasteiger partial charge in [0.15, 0.2) is 0 Å². The Labute approximate surface area is 114 Å². The largest absolute Gasteiger partial charge is 0.496 e. The first-order valence-electron chi connectivity index (χ1n) is 6.89. The van der Waals surface area contributed by atoms with Crippen molar-refractivity contribution in [3.8, 4) is 5.75 Å². The summed E-state index contributed by atoms with van der Waals surface area (Å²) in [5.41, 5.74) is 1.13. The van der Waals surface area contributed by atoms with Crippen molar-refractivity contribution in [2.75, 3.05) is 26.7 Å². The monoisotopic (exact) mass is 262 g/mol. The molecule has 19 heavy (non-hydrogen) atoms. The highest BCUT2D eigenvalue weighted by molar-refractivity contribution is 5.76. The molecule has 104 valence electrons. The zero-order valence-electron chi connectivity index (χ0n) is 11.4. The second kappa shape index (κ2) is 7.14. The summed E-state index contributed by atoms with van der Waals surface area (Å²) in [5.74, 6) is 1.55. The number of para-hydroxylation sites is 1. The highest BCUT2D eigenvalue weighted by atomic mass is 16.5. The SMILES string of the molecule is COc1ccccc1CCNC(=O)C[C@H]1CCNC1. The van der Waals surface area contributed by atoms with E-state index in [-0.39, 0.29) is 5.91 Å². The summed E-state index contributed by atoms with van der Waals surface area (Å²) in [6.45, 7) is 2.68. The molecule has 1 aliphatic rings. The number of carbonyl (C=O) groups is 1. The quantitative estimate of drug-likeness (QED) is 0.813. The van der Waals surface area contributed by atoms with E-state index in [9.17, 15) is 4.79 Å². The van der Waals surface area contributed by atoms with E-state index in [1.54, 1.807) is 7.11 Å². The van der Waals surface area contributed by atoms with Crippen LogP contribution >= 0.6 is 0 Å². The minimum Gasteiger partial charge on any atom is -0.496 e. The van der Waals surface area contributed by atoms with Gasteiger partial charge in [0.25, 0.3) is 0 Å². The zero-order valence-corrected chi connectivity index (χ0v) is 11.4. The van der Waals surface area contributed by atoms with Gasteiger partial charge in [-0.3, -0.25) is 4.79 Å². The lowest BCUT2D eigenvalue weighted by Crippen LogP contribution is -2.28. The molecule has 1 aromatic rings. The van der Waals surface area contributed by atoms with Gasteiger partial charge in [-0.25, -0.2) is 0 Å². The van der Waals surface area contributed by atoms with Crippen LogP contribution in [-0.2, 0) is 11.2 Å². The Kier molecular flexibility index (Phi) is 5.21. The minimum atomic E-state index is 0.156. The van der Waals surface area contributed by atoms with Crippen LogP contribution in [0.25, 0.3) is 0 Å². The predicted molar refractivity (Wildman–Crippen MR) is 75.3 cm³/mol. The van der Waals surface area contributed by atoms with Crippen LogP contribution in [0, 0.1) is 5.92 Å². The first-order valence-corrected chi connectivity index (χ1v) is 6.89. The average Bonchev–Trinajstić information content (AvgIpc) is 2.92. The highest BCUT2D eigenvalue weighted by Crippen LogP contribution is 2.17. The lowest BCUT2D eigenvalue weighted by molar-refractivity contribution is -0.121. The Morgan fingerprint density at radius 1 is 1.47 bits per heavy atom. The van der Waals surface area contributed by atoms with Gasteiger partial charge in [-0.05, 0) is 43.5 Å². The molecule has 0 spiro atoms. The molecule has 2 N–H and O–H groups in total. The average molecular weight is 262 g/mol. The molecule has 2 rings (SSSR count). The third-order valence-corrected chi connectivity index (χ3v) is 3.55. The Morgan fingerprint density at radius 2 is 2.32 bits per heavy atom.